The van der Waals surface area contributed by atoms with E-state index in [0.29, 0.717) is 23.4 Å². The monoisotopic (exact) mass is 320 g/mol. The van der Waals surface area contributed by atoms with Gasteiger partial charge in [0.25, 0.3) is 5.65 Å². The van der Waals surface area contributed by atoms with Gasteiger partial charge < -0.3 is 0 Å². The van der Waals surface area contributed by atoms with E-state index in [0.717, 1.165) is 11.4 Å². The predicted molar refractivity (Wildman–Crippen MR) is 88.7 cm³/mol. The fraction of sp³-hybridized carbons (Fsp3) is 0.0556. The number of anilines is 1. The molecular weight excluding hydrogens is 305 g/mol. The van der Waals surface area contributed by atoms with Crippen molar-refractivity contribution in [3.8, 4) is 11.3 Å². The van der Waals surface area contributed by atoms with Crippen molar-refractivity contribution in [3.05, 3.63) is 78.5 Å². The van der Waals surface area contributed by atoms with Gasteiger partial charge in [-0.05, 0) is 29.8 Å². The zero-order chi connectivity index (χ0) is 16.4. The molecule has 118 valence electrons. The number of halogens is 1. The molecule has 4 aromatic rings. The molecule has 0 radical (unpaired) electrons. The number of nitrogens with one attached hydrogen (secondary N) is 2. The van der Waals surface area contributed by atoms with E-state index in [1.54, 1.807) is 36.8 Å². The summed E-state index contributed by atoms with van der Waals surface area (Å²) in [5.41, 5.74) is 2.89. The van der Waals surface area contributed by atoms with Crippen LogP contribution in [0.4, 0.5) is 10.2 Å². The van der Waals surface area contributed by atoms with Crippen LogP contribution < -0.4 is 9.83 Å². The second kappa shape index (κ2) is 6.08. The number of rotatable bonds is 4. The summed E-state index contributed by atoms with van der Waals surface area (Å²) >= 11 is 0. The van der Waals surface area contributed by atoms with Gasteiger partial charge in [-0.2, -0.15) is 0 Å². The molecule has 0 saturated carbocycles. The van der Waals surface area contributed by atoms with Crippen LogP contribution in [0.2, 0.25) is 0 Å². The fourth-order valence-electron chi connectivity index (χ4n) is 2.59. The third-order valence-electron chi connectivity index (χ3n) is 3.79. The number of aromatic amines is 1. The molecule has 0 amide bonds. The number of aromatic nitrogens is 4. The zero-order valence-corrected chi connectivity index (χ0v) is 12.8. The van der Waals surface area contributed by atoms with Crippen LogP contribution in [0.15, 0.2) is 67.1 Å². The molecule has 0 aliphatic carbocycles. The second-order valence-electron chi connectivity index (χ2n) is 5.37. The molecule has 0 fully saturated rings. The number of pyridine rings is 1. The summed E-state index contributed by atoms with van der Waals surface area (Å²) < 4.78 is 15.9. The van der Waals surface area contributed by atoms with Gasteiger partial charge in [0.05, 0.1) is 18.2 Å². The van der Waals surface area contributed by atoms with Crippen LogP contribution in [0.3, 0.4) is 0 Å². The van der Waals surface area contributed by atoms with Crippen molar-refractivity contribution in [2.24, 2.45) is 0 Å². The van der Waals surface area contributed by atoms with Gasteiger partial charge in [0.1, 0.15) is 5.82 Å². The Morgan fingerprint density at radius 3 is 2.75 bits per heavy atom. The van der Waals surface area contributed by atoms with Gasteiger partial charge >= 0.3 is 0 Å². The molecule has 6 heteroatoms. The molecule has 0 spiro atoms. The van der Waals surface area contributed by atoms with E-state index in [-0.39, 0.29) is 5.82 Å². The molecule has 1 aromatic carbocycles. The van der Waals surface area contributed by atoms with Crippen LogP contribution in [0.25, 0.3) is 16.9 Å². The van der Waals surface area contributed by atoms with Gasteiger partial charge in [-0.1, -0.05) is 12.1 Å². The molecule has 2 N–H and O–H groups in total. The van der Waals surface area contributed by atoms with Crippen LogP contribution >= 0.6 is 0 Å². The van der Waals surface area contributed by atoms with Crippen LogP contribution in [0.1, 0.15) is 5.56 Å². The largest absolute Gasteiger partial charge is 0.300 e. The van der Waals surface area contributed by atoms with E-state index < -0.39 is 0 Å². The SMILES string of the molecule is Fc1ccccc1-c1cc(NCc2ccncc2)[n+]2[nH]ccc2n1. The number of benzene rings is 1. The smallest absolute Gasteiger partial charge is 0.286 e. The topological polar surface area (TPSA) is 57.7 Å². The summed E-state index contributed by atoms with van der Waals surface area (Å²) in [4.78, 5) is 8.54. The highest BCUT2D eigenvalue weighted by atomic mass is 19.1. The Morgan fingerprint density at radius 2 is 1.92 bits per heavy atom. The van der Waals surface area contributed by atoms with Crippen LogP contribution in [0.5, 0.6) is 0 Å². The molecule has 24 heavy (non-hydrogen) atoms. The van der Waals surface area contributed by atoms with Gasteiger partial charge in [-0.15, -0.1) is 9.50 Å². The number of H-pyrrole nitrogens is 1. The van der Waals surface area contributed by atoms with Crippen molar-refractivity contribution in [3.63, 3.8) is 0 Å². The van der Waals surface area contributed by atoms with E-state index in [4.69, 9.17) is 0 Å². The van der Waals surface area contributed by atoms with Gasteiger partial charge in [0.2, 0.25) is 5.82 Å². The molecule has 0 aliphatic rings. The average Bonchev–Trinajstić information content (AvgIpc) is 3.09. The third-order valence-corrected chi connectivity index (χ3v) is 3.79. The van der Waals surface area contributed by atoms with Crippen LogP contribution in [-0.4, -0.2) is 15.1 Å². The Balaban J connectivity index is 1.74. The third kappa shape index (κ3) is 2.69. The molecular formula is C18H15FN5+. The summed E-state index contributed by atoms with van der Waals surface area (Å²) in [5.74, 6) is 0.519. The predicted octanol–water partition coefficient (Wildman–Crippen LogP) is 2.96. The lowest BCUT2D eigenvalue weighted by molar-refractivity contribution is -0.564. The zero-order valence-electron chi connectivity index (χ0n) is 12.8. The van der Waals surface area contributed by atoms with Crippen molar-refractivity contribution in [1.29, 1.82) is 0 Å². The van der Waals surface area contributed by atoms with Crippen molar-refractivity contribution >= 4 is 11.5 Å². The lowest BCUT2D eigenvalue weighted by Crippen LogP contribution is -2.29. The van der Waals surface area contributed by atoms with Gasteiger partial charge in [-0.25, -0.2) is 4.39 Å². The lowest BCUT2D eigenvalue weighted by atomic mass is 10.1. The van der Waals surface area contributed by atoms with E-state index in [9.17, 15) is 4.39 Å². The molecule has 0 unspecified atom stereocenters. The first-order chi connectivity index (χ1) is 11.8. The summed E-state index contributed by atoms with van der Waals surface area (Å²) in [6, 6.07) is 14.2. The van der Waals surface area contributed by atoms with Gasteiger partial charge in [0, 0.05) is 24.7 Å². The summed E-state index contributed by atoms with van der Waals surface area (Å²) in [6.07, 6.45) is 5.31. The van der Waals surface area contributed by atoms with E-state index in [2.05, 4.69) is 20.4 Å². The van der Waals surface area contributed by atoms with Crippen molar-refractivity contribution < 1.29 is 8.91 Å². The summed E-state index contributed by atoms with van der Waals surface area (Å²) in [6.45, 7) is 0.629. The van der Waals surface area contributed by atoms with Crippen LogP contribution in [0, 0.1) is 5.82 Å². The first kappa shape index (κ1) is 14.3. The Hall–Kier alpha value is -3.28. The Bertz CT molecular complexity index is 981. The van der Waals surface area contributed by atoms with E-state index >= 15 is 0 Å². The van der Waals surface area contributed by atoms with Crippen molar-refractivity contribution in [2.75, 3.05) is 5.32 Å². The fourth-order valence-corrected chi connectivity index (χ4v) is 2.59. The molecule has 0 saturated heterocycles. The summed E-state index contributed by atoms with van der Waals surface area (Å²) in [5, 5.41) is 6.46. The highest BCUT2D eigenvalue weighted by molar-refractivity contribution is 5.64. The molecule has 0 aliphatic heterocycles. The maximum atomic E-state index is 14.1. The van der Waals surface area contributed by atoms with Gasteiger partial charge in [-0.3, -0.25) is 15.4 Å². The molecule has 5 nitrogen and oxygen atoms in total. The minimum Gasteiger partial charge on any atom is -0.300 e. The first-order valence-corrected chi connectivity index (χ1v) is 7.59. The quantitative estimate of drug-likeness (QED) is 0.568. The number of fused-ring (bicyclic) bond motifs is 1. The van der Waals surface area contributed by atoms with E-state index in [1.807, 2.05) is 28.8 Å². The highest BCUT2D eigenvalue weighted by Crippen LogP contribution is 2.22. The molecule has 4 rings (SSSR count). The minimum absolute atomic E-state index is 0.287. The molecule has 3 aromatic heterocycles. The van der Waals surface area contributed by atoms with Crippen molar-refractivity contribution in [1.82, 2.24) is 15.1 Å². The number of hydrogen-bond acceptors (Lipinski definition) is 3. The van der Waals surface area contributed by atoms with Crippen molar-refractivity contribution in [2.45, 2.75) is 6.54 Å². The maximum absolute atomic E-state index is 14.1. The second-order valence-corrected chi connectivity index (χ2v) is 5.37. The number of hydrogen-bond donors (Lipinski definition) is 2. The Labute approximate surface area is 137 Å². The standard InChI is InChI=1S/C18H14FN5/c19-15-4-2-1-3-14(15)16-11-18(24-17(23-16)7-10-22-24)21-12-13-5-8-20-9-6-13/h1-11H,12H2,(H,21,22,23)/p+1. The average molecular weight is 320 g/mol. The minimum atomic E-state index is -0.287. The van der Waals surface area contributed by atoms with Gasteiger partial charge in [0.15, 0.2) is 5.69 Å². The number of nitrogens with zero attached hydrogens (tertiary/aromatic N) is 3. The Morgan fingerprint density at radius 1 is 1.08 bits per heavy atom. The lowest BCUT2D eigenvalue weighted by Gasteiger charge is -2.05. The first-order valence-electron chi connectivity index (χ1n) is 7.59. The maximum Gasteiger partial charge on any atom is 0.286 e. The molecule has 0 atom stereocenters. The van der Waals surface area contributed by atoms with Crippen LogP contribution in [-0.2, 0) is 6.54 Å². The summed E-state index contributed by atoms with van der Waals surface area (Å²) in [7, 11) is 0. The Kier molecular flexibility index (Phi) is 3.63. The highest BCUT2D eigenvalue weighted by Gasteiger charge is 2.17. The van der Waals surface area contributed by atoms with E-state index in [1.165, 1.54) is 6.07 Å². The molecule has 3 heterocycles. The normalized spacial score (nSPS) is 10.9. The molecule has 0 bridgehead atoms.